The summed E-state index contributed by atoms with van der Waals surface area (Å²) in [7, 11) is 8.30. The molecule has 0 saturated carbocycles. The van der Waals surface area contributed by atoms with Crippen LogP contribution in [0.5, 0.6) is 0 Å². The zero-order valence-corrected chi connectivity index (χ0v) is 17.0. The molecule has 134 valence electrons. The van der Waals surface area contributed by atoms with Gasteiger partial charge in [0, 0.05) is 41.5 Å². The third-order valence-electron chi connectivity index (χ3n) is 3.91. The summed E-state index contributed by atoms with van der Waals surface area (Å²) in [6.45, 7) is 5.87. The third kappa shape index (κ3) is 9.30. The lowest BCUT2D eigenvalue weighted by molar-refractivity contribution is -0.0442. The van der Waals surface area contributed by atoms with E-state index in [0.29, 0.717) is 0 Å². The number of ether oxygens (including phenoxy) is 4. The molecular formula is C15H32N2O4Si2. The molecule has 1 heterocycles. The number of hydrogen-bond acceptors (Lipinski definition) is 6. The molecule has 1 rings (SSSR count). The predicted molar refractivity (Wildman–Crippen MR) is 94.0 cm³/mol. The molecule has 0 aromatic rings. The van der Waals surface area contributed by atoms with Crippen molar-refractivity contribution in [2.75, 3.05) is 61.3 Å². The van der Waals surface area contributed by atoms with Crippen LogP contribution in [0.4, 0.5) is 0 Å². The quantitative estimate of drug-likeness (QED) is 0.259. The van der Waals surface area contributed by atoms with Crippen molar-refractivity contribution in [1.82, 2.24) is 9.80 Å². The van der Waals surface area contributed by atoms with Gasteiger partial charge in [-0.1, -0.05) is 12.1 Å². The monoisotopic (exact) mass is 360 g/mol. The van der Waals surface area contributed by atoms with Crippen LogP contribution in [-0.4, -0.2) is 102 Å². The maximum absolute atomic E-state index is 5.23. The fourth-order valence-electron chi connectivity index (χ4n) is 2.64. The summed E-state index contributed by atoms with van der Waals surface area (Å²) in [5.41, 5.74) is 0. The van der Waals surface area contributed by atoms with Gasteiger partial charge in [-0.2, -0.15) is 0 Å². The van der Waals surface area contributed by atoms with Crippen molar-refractivity contribution in [2.45, 2.75) is 36.8 Å². The van der Waals surface area contributed by atoms with Crippen LogP contribution in [0.1, 0.15) is 12.8 Å². The van der Waals surface area contributed by atoms with Gasteiger partial charge in [-0.25, -0.2) is 0 Å². The van der Waals surface area contributed by atoms with Gasteiger partial charge in [0.2, 0.25) is 0 Å². The van der Waals surface area contributed by atoms with Crippen molar-refractivity contribution in [1.29, 1.82) is 0 Å². The van der Waals surface area contributed by atoms with Gasteiger partial charge in [-0.15, -0.1) is 0 Å². The lowest BCUT2D eigenvalue weighted by atomic mass is 10.4. The van der Waals surface area contributed by atoms with Crippen LogP contribution in [0.3, 0.4) is 0 Å². The van der Waals surface area contributed by atoms with Gasteiger partial charge in [0.05, 0.1) is 6.67 Å². The molecule has 6 nitrogen and oxygen atoms in total. The van der Waals surface area contributed by atoms with E-state index >= 15 is 0 Å². The molecule has 0 bridgehead atoms. The van der Waals surface area contributed by atoms with Crippen LogP contribution in [-0.2, 0) is 18.9 Å². The van der Waals surface area contributed by atoms with Crippen LogP contribution in [0, 0.1) is 0 Å². The minimum absolute atomic E-state index is 0.0195. The van der Waals surface area contributed by atoms with E-state index < -0.39 is 0 Å². The van der Waals surface area contributed by atoms with Crippen molar-refractivity contribution in [2.24, 2.45) is 0 Å². The molecule has 23 heavy (non-hydrogen) atoms. The topological polar surface area (TPSA) is 43.4 Å². The van der Waals surface area contributed by atoms with E-state index in [2.05, 4.69) is 9.80 Å². The van der Waals surface area contributed by atoms with Crippen LogP contribution in [0.25, 0.3) is 0 Å². The average molecular weight is 361 g/mol. The highest BCUT2D eigenvalue weighted by atomic mass is 28.2. The molecule has 0 unspecified atom stereocenters. The van der Waals surface area contributed by atoms with Gasteiger partial charge < -0.3 is 18.9 Å². The normalized spacial score (nSPS) is 17.0. The molecule has 0 aromatic carbocycles. The molecule has 0 aliphatic carbocycles. The second-order valence-corrected chi connectivity index (χ2v) is 8.36. The smallest absolute Gasteiger partial charge is 0.136 e. The second-order valence-electron chi connectivity index (χ2n) is 5.60. The van der Waals surface area contributed by atoms with E-state index in [-0.39, 0.29) is 11.8 Å². The fraction of sp³-hybridized carbons (Fsp3) is 1.00. The van der Waals surface area contributed by atoms with Crippen LogP contribution in [0.2, 0.25) is 12.1 Å². The van der Waals surface area contributed by atoms with Crippen molar-refractivity contribution in [3.05, 3.63) is 0 Å². The van der Waals surface area contributed by atoms with E-state index in [4.69, 9.17) is 18.9 Å². The highest BCUT2D eigenvalue weighted by Gasteiger charge is 2.19. The number of hydrogen-bond donors (Lipinski definition) is 0. The maximum atomic E-state index is 5.23. The Bertz CT molecular complexity index is 256. The molecule has 0 aromatic heterocycles. The minimum Gasteiger partial charge on any atom is -0.360 e. The minimum atomic E-state index is -0.0195. The van der Waals surface area contributed by atoms with Crippen LogP contribution >= 0.6 is 0 Å². The van der Waals surface area contributed by atoms with E-state index in [9.17, 15) is 0 Å². The third-order valence-corrected chi connectivity index (χ3v) is 6.81. The predicted octanol–water partition coefficient (Wildman–Crippen LogP) is 0.740. The van der Waals surface area contributed by atoms with E-state index in [1.165, 1.54) is 51.1 Å². The van der Waals surface area contributed by atoms with Crippen molar-refractivity contribution in [3.63, 3.8) is 0 Å². The average Bonchev–Trinajstić information content (AvgIpc) is 3.03. The summed E-state index contributed by atoms with van der Waals surface area (Å²) >= 11 is 0. The largest absolute Gasteiger partial charge is 0.360 e. The Labute approximate surface area is 146 Å². The van der Waals surface area contributed by atoms with Gasteiger partial charge in [0.15, 0.2) is 0 Å². The molecule has 0 spiro atoms. The fourth-order valence-corrected chi connectivity index (χ4v) is 4.51. The Balaban J connectivity index is 2.00. The van der Waals surface area contributed by atoms with Gasteiger partial charge in [-0.05, 0) is 25.9 Å². The summed E-state index contributed by atoms with van der Waals surface area (Å²) in [5, 5.41) is 0. The summed E-state index contributed by atoms with van der Waals surface area (Å²) in [4.78, 5) is 5.10. The zero-order chi connectivity index (χ0) is 16.9. The number of methoxy groups -OCH3 is 4. The van der Waals surface area contributed by atoms with E-state index in [1.807, 2.05) is 0 Å². The first-order chi connectivity index (χ1) is 11.2. The SMILES string of the molecule is COC(OC)[Si]CCCN1CCN(CCC[Si]C(OC)OC)C1. The highest BCUT2D eigenvalue weighted by Crippen LogP contribution is 2.09. The van der Waals surface area contributed by atoms with E-state index in [1.54, 1.807) is 28.4 Å². The molecule has 4 radical (unpaired) electrons. The first kappa shape index (κ1) is 21.2. The molecule has 1 aliphatic heterocycles. The first-order valence-corrected chi connectivity index (χ1v) is 10.8. The second kappa shape index (κ2) is 13.5. The molecule has 8 heteroatoms. The first-order valence-electron chi connectivity index (χ1n) is 8.26. The Morgan fingerprint density at radius 3 is 1.48 bits per heavy atom. The molecule has 1 fully saturated rings. The Morgan fingerprint density at radius 1 is 0.739 bits per heavy atom. The van der Waals surface area contributed by atoms with Crippen molar-refractivity contribution < 1.29 is 18.9 Å². The molecule has 0 N–H and O–H groups in total. The van der Waals surface area contributed by atoms with E-state index in [0.717, 1.165) is 25.7 Å². The summed E-state index contributed by atoms with van der Waals surface area (Å²) in [5.74, 6) is -0.0390. The molecule has 1 saturated heterocycles. The van der Waals surface area contributed by atoms with Gasteiger partial charge in [0.25, 0.3) is 0 Å². The molecular weight excluding hydrogens is 328 g/mol. The lowest BCUT2D eigenvalue weighted by Crippen LogP contribution is -2.28. The van der Waals surface area contributed by atoms with Gasteiger partial charge in [0.1, 0.15) is 30.9 Å². The van der Waals surface area contributed by atoms with Crippen LogP contribution in [0.15, 0.2) is 0 Å². The Morgan fingerprint density at radius 2 is 1.13 bits per heavy atom. The number of rotatable bonds is 14. The number of nitrogens with zero attached hydrogens (tertiary/aromatic N) is 2. The zero-order valence-electron chi connectivity index (χ0n) is 15.0. The molecule has 0 atom stereocenters. The van der Waals surface area contributed by atoms with Crippen LogP contribution < -0.4 is 0 Å². The summed E-state index contributed by atoms with van der Waals surface area (Å²) in [6.07, 6.45) is 2.44. The summed E-state index contributed by atoms with van der Waals surface area (Å²) < 4.78 is 20.9. The van der Waals surface area contributed by atoms with Gasteiger partial charge in [-0.3, -0.25) is 9.80 Å². The van der Waals surface area contributed by atoms with Crippen molar-refractivity contribution >= 4 is 19.0 Å². The molecule has 1 aliphatic rings. The summed E-state index contributed by atoms with van der Waals surface area (Å²) in [6, 6.07) is 2.36. The Kier molecular flexibility index (Phi) is 12.4. The Hall–Kier alpha value is 0.194. The maximum Gasteiger partial charge on any atom is 0.136 e. The standard InChI is InChI=1S/C15H32N2O4Si2/c1-18-14(19-2)22-11-5-7-16-9-10-17(13-16)8-6-12-23-15(20-3)21-4/h14-15H,5-13H2,1-4H3. The molecule has 0 amide bonds. The highest BCUT2D eigenvalue weighted by molar-refractivity contribution is 6.36. The lowest BCUT2D eigenvalue weighted by Gasteiger charge is -2.19. The van der Waals surface area contributed by atoms with Crippen molar-refractivity contribution in [3.8, 4) is 0 Å². The van der Waals surface area contributed by atoms with Gasteiger partial charge >= 0.3 is 0 Å².